The van der Waals surface area contributed by atoms with Crippen LogP contribution < -0.4 is 10.5 Å². The fraction of sp³-hybridized carbons (Fsp3) is 0.111. The Balaban J connectivity index is 2.31. The van der Waals surface area contributed by atoms with Crippen LogP contribution in [0.4, 0.5) is 0 Å². The van der Waals surface area contributed by atoms with Gasteiger partial charge in [-0.25, -0.2) is 0 Å². The number of aryl methyl sites for hydroxylation is 1. The molecule has 3 N–H and O–H groups in total. The van der Waals surface area contributed by atoms with Gasteiger partial charge >= 0.3 is 0 Å². The van der Waals surface area contributed by atoms with E-state index in [1.807, 2.05) is 0 Å². The molecule has 2 aromatic heterocycles. The van der Waals surface area contributed by atoms with Crippen molar-refractivity contribution >= 4 is 5.84 Å². The van der Waals surface area contributed by atoms with E-state index in [1.54, 1.807) is 30.2 Å². The van der Waals surface area contributed by atoms with E-state index in [1.165, 1.54) is 6.20 Å². The number of ether oxygens (including phenoxy) is 1. The second kappa shape index (κ2) is 3.97. The highest BCUT2D eigenvalue weighted by atomic mass is 16.5. The van der Waals surface area contributed by atoms with E-state index in [4.69, 9.17) is 15.9 Å². The van der Waals surface area contributed by atoms with Gasteiger partial charge in [0.1, 0.15) is 5.84 Å². The van der Waals surface area contributed by atoms with Crippen molar-refractivity contribution in [3.05, 3.63) is 30.2 Å². The number of nitrogens with two attached hydrogens (primary N) is 1. The molecule has 16 heavy (non-hydrogen) atoms. The van der Waals surface area contributed by atoms with Crippen LogP contribution in [-0.4, -0.2) is 25.8 Å². The summed E-state index contributed by atoms with van der Waals surface area (Å²) in [5, 5.41) is 18.8. The molecule has 0 saturated heterocycles. The Morgan fingerprint density at radius 2 is 2.38 bits per heavy atom. The standard InChI is InChI=1S/C9H10N6O/c1-15-5-6(4-13-15)16-9-7(8(10)11)2-3-12-14-9/h2-5H,1H3,(H3,10,11). The predicted molar refractivity (Wildman–Crippen MR) is 56.3 cm³/mol. The van der Waals surface area contributed by atoms with Gasteiger partial charge in [-0.2, -0.15) is 10.2 Å². The van der Waals surface area contributed by atoms with Crippen LogP contribution in [0.3, 0.4) is 0 Å². The summed E-state index contributed by atoms with van der Waals surface area (Å²) in [4.78, 5) is 0. The maximum absolute atomic E-state index is 7.36. The lowest BCUT2D eigenvalue weighted by Gasteiger charge is -2.05. The summed E-state index contributed by atoms with van der Waals surface area (Å²) in [5.74, 6) is 0.599. The van der Waals surface area contributed by atoms with Gasteiger partial charge in [0.05, 0.1) is 24.2 Å². The molecular formula is C9H10N6O. The van der Waals surface area contributed by atoms with Gasteiger partial charge < -0.3 is 10.5 Å². The summed E-state index contributed by atoms with van der Waals surface area (Å²) >= 11 is 0. The van der Waals surface area contributed by atoms with Crippen molar-refractivity contribution in [2.75, 3.05) is 0 Å². The van der Waals surface area contributed by atoms with E-state index in [0.717, 1.165) is 0 Å². The molecule has 2 rings (SSSR count). The molecule has 7 nitrogen and oxygen atoms in total. The molecule has 2 heterocycles. The monoisotopic (exact) mass is 218 g/mol. The maximum atomic E-state index is 7.36. The van der Waals surface area contributed by atoms with Crippen molar-refractivity contribution in [3.8, 4) is 11.6 Å². The zero-order valence-corrected chi connectivity index (χ0v) is 8.58. The maximum Gasteiger partial charge on any atom is 0.250 e. The summed E-state index contributed by atoms with van der Waals surface area (Å²) in [7, 11) is 1.77. The number of nitrogen functional groups attached to an aromatic ring is 1. The molecule has 0 aliphatic heterocycles. The van der Waals surface area contributed by atoms with Gasteiger partial charge in [0, 0.05) is 7.05 Å². The quantitative estimate of drug-likeness (QED) is 0.569. The number of aromatic nitrogens is 4. The zero-order chi connectivity index (χ0) is 11.5. The van der Waals surface area contributed by atoms with Gasteiger partial charge in [-0.3, -0.25) is 10.1 Å². The minimum atomic E-state index is -0.117. The predicted octanol–water partition coefficient (Wildman–Crippen LogP) is 0.286. The minimum Gasteiger partial charge on any atom is -0.434 e. The van der Waals surface area contributed by atoms with Crippen LogP contribution in [0.2, 0.25) is 0 Å². The third-order valence-corrected chi connectivity index (χ3v) is 1.87. The Morgan fingerprint density at radius 3 is 3.00 bits per heavy atom. The van der Waals surface area contributed by atoms with Gasteiger partial charge in [0.2, 0.25) is 5.88 Å². The number of nitrogens with zero attached hydrogens (tertiary/aromatic N) is 4. The lowest BCUT2D eigenvalue weighted by Crippen LogP contribution is -2.13. The third-order valence-electron chi connectivity index (χ3n) is 1.87. The molecule has 2 aromatic rings. The Labute approximate surface area is 91.4 Å². The van der Waals surface area contributed by atoms with E-state index in [2.05, 4.69) is 15.3 Å². The Bertz CT molecular complexity index is 520. The second-order valence-electron chi connectivity index (χ2n) is 3.12. The minimum absolute atomic E-state index is 0.117. The number of nitrogens with one attached hydrogen (secondary N) is 1. The van der Waals surface area contributed by atoms with Gasteiger partial charge in [-0.15, -0.1) is 5.10 Å². The molecule has 0 atom stereocenters. The van der Waals surface area contributed by atoms with Gasteiger partial charge in [0.15, 0.2) is 5.75 Å². The molecule has 0 aliphatic carbocycles. The average molecular weight is 218 g/mol. The van der Waals surface area contributed by atoms with Gasteiger partial charge in [-0.05, 0) is 6.07 Å². The van der Waals surface area contributed by atoms with Crippen molar-refractivity contribution in [2.45, 2.75) is 0 Å². The smallest absolute Gasteiger partial charge is 0.250 e. The number of amidine groups is 1. The zero-order valence-electron chi connectivity index (χ0n) is 8.58. The molecule has 0 aliphatic rings. The van der Waals surface area contributed by atoms with Gasteiger partial charge in [-0.1, -0.05) is 0 Å². The van der Waals surface area contributed by atoms with Crippen LogP contribution in [0, 0.1) is 5.41 Å². The van der Waals surface area contributed by atoms with Crippen molar-refractivity contribution in [2.24, 2.45) is 12.8 Å². The third kappa shape index (κ3) is 1.97. The van der Waals surface area contributed by atoms with Crippen molar-refractivity contribution in [3.63, 3.8) is 0 Å². The topological polar surface area (TPSA) is 103 Å². The van der Waals surface area contributed by atoms with Crippen LogP contribution in [0.25, 0.3) is 0 Å². The molecule has 82 valence electrons. The SMILES string of the molecule is Cn1cc(Oc2nnccc2C(=N)N)cn1. The molecule has 0 spiro atoms. The molecule has 0 bridgehead atoms. The first-order chi connectivity index (χ1) is 7.66. The largest absolute Gasteiger partial charge is 0.434 e. The number of hydrogen-bond donors (Lipinski definition) is 2. The highest BCUT2D eigenvalue weighted by Crippen LogP contribution is 2.20. The highest BCUT2D eigenvalue weighted by molar-refractivity contribution is 5.96. The van der Waals surface area contributed by atoms with Crippen molar-refractivity contribution < 1.29 is 4.74 Å². The molecule has 0 fully saturated rings. The molecule has 7 heteroatoms. The lowest BCUT2D eigenvalue weighted by atomic mass is 10.3. The summed E-state index contributed by atoms with van der Waals surface area (Å²) in [6, 6.07) is 1.57. The van der Waals surface area contributed by atoms with Crippen LogP contribution in [0.15, 0.2) is 24.7 Å². The molecule has 0 saturated carbocycles. The summed E-state index contributed by atoms with van der Waals surface area (Å²) in [6.45, 7) is 0. The number of rotatable bonds is 3. The van der Waals surface area contributed by atoms with E-state index in [9.17, 15) is 0 Å². The first kappa shape index (κ1) is 10.1. The fourth-order valence-electron chi connectivity index (χ4n) is 1.16. The van der Waals surface area contributed by atoms with Crippen molar-refractivity contribution in [1.29, 1.82) is 5.41 Å². The average Bonchev–Trinajstić information content (AvgIpc) is 2.64. The Morgan fingerprint density at radius 1 is 1.56 bits per heavy atom. The Hall–Kier alpha value is -2.44. The lowest BCUT2D eigenvalue weighted by molar-refractivity contribution is 0.453. The molecule has 0 amide bonds. The normalized spacial score (nSPS) is 10.1. The molecule has 0 radical (unpaired) electrons. The first-order valence-electron chi connectivity index (χ1n) is 4.49. The van der Waals surface area contributed by atoms with Crippen LogP contribution in [0.5, 0.6) is 11.6 Å². The summed E-state index contributed by atoms with van der Waals surface area (Å²) in [6.07, 6.45) is 4.67. The van der Waals surface area contributed by atoms with E-state index < -0.39 is 0 Å². The highest BCUT2D eigenvalue weighted by Gasteiger charge is 2.10. The molecular weight excluding hydrogens is 208 g/mol. The van der Waals surface area contributed by atoms with Gasteiger partial charge in [0.25, 0.3) is 0 Å². The van der Waals surface area contributed by atoms with Crippen molar-refractivity contribution in [1.82, 2.24) is 20.0 Å². The van der Waals surface area contributed by atoms with Crippen LogP contribution >= 0.6 is 0 Å². The Kier molecular flexibility index (Phi) is 2.50. The number of hydrogen-bond acceptors (Lipinski definition) is 5. The van der Waals surface area contributed by atoms with E-state index in [0.29, 0.717) is 11.3 Å². The fourth-order valence-corrected chi connectivity index (χ4v) is 1.16. The summed E-state index contributed by atoms with van der Waals surface area (Å²) < 4.78 is 7.01. The second-order valence-corrected chi connectivity index (χ2v) is 3.12. The van der Waals surface area contributed by atoms with E-state index >= 15 is 0 Å². The summed E-state index contributed by atoms with van der Waals surface area (Å²) in [5.41, 5.74) is 5.79. The first-order valence-corrected chi connectivity index (χ1v) is 4.49. The van der Waals surface area contributed by atoms with E-state index in [-0.39, 0.29) is 11.7 Å². The molecule has 0 unspecified atom stereocenters. The van der Waals surface area contributed by atoms with Crippen LogP contribution in [-0.2, 0) is 7.05 Å². The molecule has 0 aromatic carbocycles. The van der Waals surface area contributed by atoms with Crippen LogP contribution in [0.1, 0.15) is 5.56 Å².